The van der Waals surface area contributed by atoms with E-state index in [4.69, 9.17) is 4.42 Å². The third kappa shape index (κ3) is 6.31. The first-order valence-corrected chi connectivity index (χ1v) is 11.6. The predicted octanol–water partition coefficient (Wildman–Crippen LogP) is 2.52. The molecule has 0 saturated heterocycles. The Hall–Kier alpha value is -2.85. The highest BCUT2D eigenvalue weighted by molar-refractivity contribution is 7.89. The van der Waals surface area contributed by atoms with Crippen molar-refractivity contribution in [3.05, 3.63) is 42.4 Å². The minimum Gasteiger partial charge on any atom is -0.459 e. The highest BCUT2D eigenvalue weighted by atomic mass is 32.2. The zero-order valence-corrected chi connectivity index (χ0v) is 19.2. The zero-order chi connectivity index (χ0) is 23.0. The van der Waals surface area contributed by atoms with Gasteiger partial charge in [-0.05, 0) is 36.8 Å². The van der Waals surface area contributed by atoms with Gasteiger partial charge in [0, 0.05) is 40.2 Å². The van der Waals surface area contributed by atoms with Crippen molar-refractivity contribution in [2.24, 2.45) is 0 Å². The molecule has 10 heteroatoms. The van der Waals surface area contributed by atoms with E-state index in [0.29, 0.717) is 37.4 Å². The number of carbonyl (C=O) groups excluding carboxylic acids is 2. The molecule has 1 aromatic carbocycles. The molecule has 0 unspecified atom stereocenters. The van der Waals surface area contributed by atoms with Crippen LogP contribution in [-0.4, -0.2) is 58.3 Å². The van der Waals surface area contributed by atoms with E-state index in [1.54, 1.807) is 43.0 Å². The molecule has 170 valence electrons. The van der Waals surface area contributed by atoms with Gasteiger partial charge in [0.05, 0.1) is 22.5 Å². The van der Waals surface area contributed by atoms with Crippen LogP contribution in [0.4, 0.5) is 11.4 Å². The second kappa shape index (κ2) is 11.0. The molecule has 9 nitrogen and oxygen atoms in total. The molecular weight excluding hydrogens is 420 g/mol. The molecule has 0 aliphatic carbocycles. The van der Waals surface area contributed by atoms with Crippen molar-refractivity contribution >= 4 is 33.2 Å². The molecule has 31 heavy (non-hydrogen) atoms. The van der Waals surface area contributed by atoms with Crippen molar-refractivity contribution in [1.29, 1.82) is 0 Å². The summed E-state index contributed by atoms with van der Waals surface area (Å²) >= 11 is 0. The first kappa shape index (κ1) is 24.4. The highest BCUT2D eigenvalue weighted by Crippen LogP contribution is 2.29. The number of nitrogens with zero attached hydrogens (tertiary/aromatic N) is 2. The van der Waals surface area contributed by atoms with E-state index in [0.717, 1.165) is 0 Å². The van der Waals surface area contributed by atoms with Crippen LogP contribution in [0.25, 0.3) is 0 Å². The predicted molar refractivity (Wildman–Crippen MR) is 120 cm³/mol. The average molecular weight is 451 g/mol. The minimum absolute atomic E-state index is 0.128. The van der Waals surface area contributed by atoms with Crippen LogP contribution in [0.15, 0.2) is 45.9 Å². The Labute approximate surface area is 183 Å². The molecule has 0 atom stereocenters. The molecule has 0 radical (unpaired) electrons. The molecule has 2 rings (SSSR count). The lowest BCUT2D eigenvalue weighted by Gasteiger charge is -2.22. The second-order valence-corrected chi connectivity index (χ2v) is 8.99. The lowest BCUT2D eigenvalue weighted by atomic mass is 10.2. The maximum atomic E-state index is 12.8. The second-order valence-electron chi connectivity index (χ2n) is 7.05. The van der Waals surface area contributed by atoms with Gasteiger partial charge in [0.15, 0.2) is 5.76 Å². The number of furan rings is 1. The van der Waals surface area contributed by atoms with E-state index in [1.807, 2.05) is 14.1 Å². The van der Waals surface area contributed by atoms with Gasteiger partial charge in [-0.2, -0.15) is 4.31 Å². The molecule has 2 aromatic rings. The summed E-state index contributed by atoms with van der Waals surface area (Å²) in [7, 11) is -0.0204. The van der Waals surface area contributed by atoms with Gasteiger partial charge in [0.25, 0.3) is 5.91 Å². The largest absolute Gasteiger partial charge is 0.459 e. The number of benzene rings is 1. The molecular formula is C21H30N4O5S. The van der Waals surface area contributed by atoms with Gasteiger partial charge >= 0.3 is 0 Å². The van der Waals surface area contributed by atoms with Crippen LogP contribution in [-0.2, 0) is 14.8 Å². The molecule has 0 bridgehead atoms. The van der Waals surface area contributed by atoms with E-state index < -0.39 is 10.0 Å². The van der Waals surface area contributed by atoms with Crippen LogP contribution < -0.4 is 15.5 Å². The molecule has 0 spiro atoms. The fourth-order valence-corrected chi connectivity index (χ4v) is 4.52. The Morgan fingerprint density at radius 1 is 1.10 bits per heavy atom. The van der Waals surface area contributed by atoms with Crippen molar-refractivity contribution in [2.75, 3.05) is 43.9 Å². The average Bonchev–Trinajstić information content (AvgIpc) is 3.26. The number of carbonyl (C=O) groups is 2. The SMILES string of the molecule is CCN(CC)S(=O)(=O)c1ccc(N(C)C)c(NC(=O)CCCNC(=O)c2ccco2)c1. The Balaban J connectivity index is 2.04. The van der Waals surface area contributed by atoms with E-state index in [2.05, 4.69) is 10.6 Å². The first-order valence-electron chi connectivity index (χ1n) is 10.1. The summed E-state index contributed by atoms with van der Waals surface area (Å²) in [5.41, 5.74) is 1.11. The van der Waals surface area contributed by atoms with Crippen LogP contribution in [0.3, 0.4) is 0 Å². The molecule has 1 aromatic heterocycles. The number of sulfonamides is 1. The first-order chi connectivity index (χ1) is 14.7. The topological polar surface area (TPSA) is 112 Å². The fraction of sp³-hybridized carbons (Fsp3) is 0.429. The summed E-state index contributed by atoms with van der Waals surface area (Å²) in [6.07, 6.45) is 2.00. The molecule has 0 fully saturated rings. The van der Waals surface area contributed by atoms with Gasteiger partial charge in [-0.1, -0.05) is 13.8 Å². The number of rotatable bonds is 11. The van der Waals surface area contributed by atoms with Crippen molar-refractivity contribution in [1.82, 2.24) is 9.62 Å². The summed E-state index contributed by atoms with van der Waals surface area (Å²) in [6, 6.07) is 7.89. The molecule has 2 N–H and O–H groups in total. The van der Waals surface area contributed by atoms with Crippen LogP contribution in [0.5, 0.6) is 0 Å². The Morgan fingerprint density at radius 2 is 1.81 bits per heavy atom. The monoisotopic (exact) mass is 450 g/mol. The third-order valence-electron chi connectivity index (χ3n) is 4.68. The van der Waals surface area contributed by atoms with Gasteiger partial charge < -0.3 is 20.0 Å². The Morgan fingerprint density at radius 3 is 2.39 bits per heavy atom. The van der Waals surface area contributed by atoms with E-state index >= 15 is 0 Å². The van der Waals surface area contributed by atoms with Crippen LogP contribution in [0.2, 0.25) is 0 Å². The van der Waals surface area contributed by atoms with Crippen LogP contribution in [0, 0.1) is 0 Å². The number of anilines is 2. The van der Waals surface area contributed by atoms with E-state index in [1.165, 1.54) is 16.6 Å². The van der Waals surface area contributed by atoms with Gasteiger partial charge in [-0.3, -0.25) is 9.59 Å². The van der Waals surface area contributed by atoms with Crippen molar-refractivity contribution in [3.63, 3.8) is 0 Å². The summed E-state index contributed by atoms with van der Waals surface area (Å²) in [5.74, 6) is -0.395. The molecule has 2 amide bonds. The normalized spacial score (nSPS) is 11.4. The third-order valence-corrected chi connectivity index (χ3v) is 6.72. The van der Waals surface area contributed by atoms with Gasteiger partial charge in [-0.25, -0.2) is 8.42 Å². The highest BCUT2D eigenvalue weighted by Gasteiger charge is 2.23. The number of nitrogens with one attached hydrogen (secondary N) is 2. The van der Waals surface area contributed by atoms with Gasteiger partial charge in [-0.15, -0.1) is 0 Å². The Bertz CT molecular complexity index is 983. The number of amides is 2. The Kier molecular flexibility index (Phi) is 8.64. The van der Waals surface area contributed by atoms with Gasteiger partial charge in [0.1, 0.15) is 0 Å². The molecule has 0 aliphatic heterocycles. The fourth-order valence-electron chi connectivity index (χ4n) is 3.04. The molecule has 0 saturated carbocycles. The summed E-state index contributed by atoms with van der Waals surface area (Å²) in [6.45, 7) is 4.59. The van der Waals surface area contributed by atoms with Crippen LogP contribution >= 0.6 is 0 Å². The maximum absolute atomic E-state index is 12.8. The zero-order valence-electron chi connectivity index (χ0n) is 18.3. The molecule has 1 heterocycles. The molecule has 0 aliphatic rings. The summed E-state index contributed by atoms with van der Waals surface area (Å²) < 4.78 is 32.1. The standard InChI is InChI=1S/C21H30N4O5S/c1-5-25(6-2)31(28,29)16-11-12-18(24(3)4)17(15-16)23-20(26)10-7-13-22-21(27)19-9-8-14-30-19/h8-9,11-12,14-15H,5-7,10,13H2,1-4H3,(H,22,27)(H,23,26). The smallest absolute Gasteiger partial charge is 0.286 e. The quantitative estimate of drug-likeness (QED) is 0.509. The summed E-state index contributed by atoms with van der Waals surface area (Å²) in [4.78, 5) is 26.2. The van der Waals surface area contributed by atoms with Crippen LogP contribution in [0.1, 0.15) is 37.2 Å². The number of hydrogen-bond acceptors (Lipinski definition) is 6. The van der Waals surface area contributed by atoms with Gasteiger partial charge in [0.2, 0.25) is 15.9 Å². The lowest BCUT2D eigenvalue weighted by Crippen LogP contribution is -2.30. The van der Waals surface area contributed by atoms with Crippen molar-refractivity contribution in [3.8, 4) is 0 Å². The van der Waals surface area contributed by atoms with Crippen molar-refractivity contribution < 1.29 is 22.4 Å². The minimum atomic E-state index is -3.65. The van der Waals surface area contributed by atoms with E-state index in [-0.39, 0.29) is 28.9 Å². The maximum Gasteiger partial charge on any atom is 0.286 e. The summed E-state index contributed by atoms with van der Waals surface area (Å²) in [5, 5.41) is 5.48. The van der Waals surface area contributed by atoms with Crippen molar-refractivity contribution in [2.45, 2.75) is 31.6 Å². The van der Waals surface area contributed by atoms with E-state index in [9.17, 15) is 18.0 Å². The number of hydrogen-bond donors (Lipinski definition) is 2. The lowest BCUT2D eigenvalue weighted by molar-refractivity contribution is -0.116.